The van der Waals surface area contributed by atoms with Crippen molar-refractivity contribution >= 4 is 6.29 Å². The third-order valence-corrected chi connectivity index (χ3v) is 2.38. The molecule has 2 aromatic rings. The van der Waals surface area contributed by atoms with Crippen LogP contribution < -0.4 is 4.57 Å². The molecule has 0 radical (unpaired) electrons. The molecular formula is C13H12NO+. The molecule has 1 aromatic carbocycles. The van der Waals surface area contributed by atoms with E-state index in [-0.39, 0.29) is 0 Å². The summed E-state index contributed by atoms with van der Waals surface area (Å²) in [5.41, 5.74) is 2.77. The number of aryl methyl sites for hydroxylation is 1. The molecule has 0 saturated heterocycles. The third kappa shape index (κ3) is 1.94. The first-order valence-corrected chi connectivity index (χ1v) is 4.81. The molecule has 2 heteroatoms. The van der Waals surface area contributed by atoms with Crippen molar-refractivity contribution in [2.45, 2.75) is 0 Å². The highest BCUT2D eigenvalue weighted by atomic mass is 16.1. The van der Waals surface area contributed by atoms with Crippen LogP contribution in [0.2, 0.25) is 0 Å². The van der Waals surface area contributed by atoms with Crippen LogP contribution in [-0.4, -0.2) is 6.29 Å². The summed E-state index contributed by atoms with van der Waals surface area (Å²) in [6, 6.07) is 11.6. The van der Waals surface area contributed by atoms with Gasteiger partial charge in [0.2, 0.25) is 0 Å². The van der Waals surface area contributed by atoms with Gasteiger partial charge < -0.3 is 0 Å². The molecule has 0 aliphatic heterocycles. The molecule has 0 fully saturated rings. The van der Waals surface area contributed by atoms with E-state index in [1.807, 2.05) is 60.4 Å². The molecule has 0 saturated carbocycles. The van der Waals surface area contributed by atoms with Gasteiger partial charge in [0.15, 0.2) is 18.7 Å². The fourth-order valence-electron chi connectivity index (χ4n) is 1.54. The molecule has 0 N–H and O–H groups in total. The zero-order valence-corrected chi connectivity index (χ0v) is 8.55. The molecule has 2 nitrogen and oxygen atoms in total. The number of rotatable bonds is 2. The standard InChI is InChI=1S/C13H12NO/c1-14-8-6-11(7-9-14)13-5-3-2-4-12(13)10-15/h2-10H,1H3/q+1. The Morgan fingerprint density at radius 2 is 1.73 bits per heavy atom. The second kappa shape index (κ2) is 4.05. The van der Waals surface area contributed by atoms with E-state index in [0.717, 1.165) is 23.0 Å². The van der Waals surface area contributed by atoms with Crippen molar-refractivity contribution in [2.75, 3.05) is 0 Å². The summed E-state index contributed by atoms with van der Waals surface area (Å²) in [5, 5.41) is 0. The summed E-state index contributed by atoms with van der Waals surface area (Å²) in [4.78, 5) is 10.9. The van der Waals surface area contributed by atoms with E-state index < -0.39 is 0 Å². The molecule has 15 heavy (non-hydrogen) atoms. The zero-order valence-electron chi connectivity index (χ0n) is 8.55. The molecule has 1 aromatic heterocycles. The Morgan fingerprint density at radius 1 is 1.07 bits per heavy atom. The highest BCUT2D eigenvalue weighted by Crippen LogP contribution is 2.20. The summed E-state index contributed by atoms with van der Waals surface area (Å²) < 4.78 is 1.97. The zero-order chi connectivity index (χ0) is 10.7. The van der Waals surface area contributed by atoms with Crippen LogP contribution in [0, 0.1) is 0 Å². The fraction of sp³-hybridized carbons (Fsp3) is 0.0769. The van der Waals surface area contributed by atoms with Gasteiger partial charge in [0.05, 0.1) is 0 Å². The van der Waals surface area contributed by atoms with E-state index >= 15 is 0 Å². The Balaban J connectivity index is 2.53. The smallest absolute Gasteiger partial charge is 0.169 e. The molecule has 0 amide bonds. The lowest BCUT2D eigenvalue weighted by Crippen LogP contribution is -2.25. The van der Waals surface area contributed by atoms with Gasteiger partial charge in [-0.3, -0.25) is 4.79 Å². The molecule has 74 valence electrons. The second-order valence-corrected chi connectivity index (χ2v) is 3.46. The van der Waals surface area contributed by atoms with Crippen molar-refractivity contribution in [3.05, 3.63) is 54.4 Å². The molecule has 0 bridgehead atoms. The van der Waals surface area contributed by atoms with Gasteiger partial charge in [-0.2, -0.15) is 0 Å². The molecule has 0 aliphatic rings. The minimum Gasteiger partial charge on any atom is -0.298 e. The van der Waals surface area contributed by atoms with Crippen molar-refractivity contribution in [1.29, 1.82) is 0 Å². The van der Waals surface area contributed by atoms with Crippen LogP contribution >= 0.6 is 0 Å². The highest BCUT2D eigenvalue weighted by Gasteiger charge is 2.04. The molecule has 2 rings (SSSR count). The summed E-state index contributed by atoms with van der Waals surface area (Å²) in [6.07, 6.45) is 4.83. The van der Waals surface area contributed by atoms with Crippen LogP contribution in [0.15, 0.2) is 48.8 Å². The fourth-order valence-corrected chi connectivity index (χ4v) is 1.54. The lowest BCUT2D eigenvalue weighted by molar-refractivity contribution is -0.671. The first-order valence-electron chi connectivity index (χ1n) is 4.81. The largest absolute Gasteiger partial charge is 0.298 e. The number of carbonyl (C=O) groups is 1. The molecule has 0 aliphatic carbocycles. The number of benzene rings is 1. The number of hydrogen-bond donors (Lipinski definition) is 0. The van der Waals surface area contributed by atoms with Gasteiger partial charge >= 0.3 is 0 Å². The van der Waals surface area contributed by atoms with Crippen molar-refractivity contribution in [3.8, 4) is 11.1 Å². The van der Waals surface area contributed by atoms with Gasteiger partial charge in [0.25, 0.3) is 0 Å². The SMILES string of the molecule is C[n+]1ccc(-c2ccccc2C=O)cc1. The number of aromatic nitrogens is 1. The molecule has 0 atom stereocenters. The maximum atomic E-state index is 10.9. The van der Waals surface area contributed by atoms with E-state index in [1.54, 1.807) is 0 Å². The molecule has 0 spiro atoms. The van der Waals surface area contributed by atoms with E-state index in [0.29, 0.717) is 0 Å². The Kier molecular flexibility index (Phi) is 2.59. The van der Waals surface area contributed by atoms with E-state index in [9.17, 15) is 4.79 Å². The van der Waals surface area contributed by atoms with Gasteiger partial charge in [-0.05, 0) is 11.1 Å². The number of aldehydes is 1. The van der Waals surface area contributed by atoms with Crippen LogP contribution in [0.4, 0.5) is 0 Å². The predicted octanol–water partition coefficient (Wildman–Crippen LogP) is 1.99. The lowest BCUT2D eigenvalue weighted by atomic mass is 10.0. The maximum Gasteiger partial charge on any atom is 0.169 e. The van der Waals surface area contributed by atoms with Crippen molar-refractivity contribution in [3.63, 3.8) is 0 Å². The number of carbonyl (C=O) groups excluding carboxylic acids is 1. The highest BCUT2D eigenvalue weighted by molar-refractivity contribution is 5.87. The summed E-state index contributed by atoms with van der Waals surface area (Å²) in [6.45, 7) is 0. The van der Waals surface area contributed by atoms with Crippen LogP contribution in [-0.2, 0) is 7.05 Å². The van der Waals surface area contributed by atoms with Crippen LogP contribution in [0.1, 0.15) is 10.4 Å². The van der Waals surface area contributed by atoms with Crippen molar-refractivity contribution in [2.24, 2.45) is 7.05 Å². The second-order valence-electron chi connectivity index (χ2n) is 3.46. The van der Waals surface area contributed by atoms with Gasteiger partial charge in [-0.25, -0.2) is 4.57 Å². The molecular weight excluding hydrogens is 186 g/mol. The maximum absolute atomic E-state index is 10.9. The van der Waals surface area contributed by atoms with Crippen LogP contribution in [0.25, 0.3) is 11.1 Å². The first kappa shape index (κ1) is 9.59. The summed E-state index contributed by atoms with van der Waals surface area (Å²) in [5.74, 6) is 0. The normalized spacial score (nSPS) is 9.93. The quantitative estimate of drug-likeness (QED) is 0.534. The van der Waals surface area contributed by atoms with Crippen LogP contribution in [0.5, 0.6) is 0 Å². The average Bonchev–Trinajstić information content (AvgIpc) is 2.30. The van der Waals surface area contributed by atoms with Gasteiger partial charge in [-0.15, -0.1) is 0 Å². The monoisotopic (exact) mass is 198 g/mol. The average molecular weight is 198 g/mol. The van der Waals surface area contributed by atoms with Crippen molar-refractivity contribution in [1.82, 2.24) is 0 Å². The van der Waals surface area contributed by atoms with E-state index in [1.165, 1.54) is 0 Å². The minimum atomic E-state index is 0.728. The third-order valence-electron chi connectivity index (χ3n) is 2.38. The summed E-state index contributed by atoms with van der Waals surface area (Å²) >= 11 is 0. The lowest BCUT2D eigenvalue weighted by Gasteiger charge is -2.02. The van der Waals surface area contributed by atoms with Gasteiger partial charge in [0, 0.05) is 17.7 Å². The topological polar surface area (TPSA) is 20.9 Å². The molecule has 1 heterocycles. The Hall–Kier alpha value is -1.96. The Labute approximate surface area is 88.8 Å². The number of hydrogen-bond acceptors (Lipinski definition) is 1. The van der Waals surface area contributed by atoms with E-state index in [4.69, 9.17) is 0 Å². The number of pyridine rings is 1. The number of nitrogens with zero attached hydrogens (tertiary/aromatic N) is 1. The van der Waals surface area contributed by atoms with Crippen LogP contribution in [0.3, 0.4) is 0 Å². The van der Waals surface area contributed by atoms with Gasteiger partial charge in [0.1, 0.15) is 7.05 Å². The summed E-state index contributed by atoms with van der Waals surface area (Å²) in [7, 11) is 1.97. The first-order chi connectivity index (χ1) is 7.31. The Morgan fingerprint density at radius 3 is 2.40 bits per heavy atom. The van der Waals surface area contributed by atoms with Gasteiger partial charge in [-0.1, -0.05) is 24.3 Å². The van der Waals surface area contributed by atoms with E-state index in [2.05, 4.69) is 0 Å². The Bertz CT molecular complexity index is 474. The van der Waals surface area contributed by atoms with Crippen molar-refractivity contribution < 1.29 is 9.36 Å². The molecule has 0 unspecified atom stereocenters. The predicted molar refractivity (Wildman–Crippen MR) is 58.4 cm³/mol. The minimum absolute atomic E-state index is 0.728.